The Morgan fingerprint density at radius 2 is 2.30 bits per heavy atom. The molecule has 0 aliphatic carbocycles. The number of hydrogen-bond donors (Lipinski definition) is 1. The fourth-order valence-electron chi connectivity index (χ4n) is 2.26. The lowest BCUT2D eigenvalue weighted by Crippen LogP contribution is -2.26. The molecule has 0 radical (unpaired) electrons. The Hall–Kier alpha value is -1.14. The summed E-state index contributed by atoms with van der Waals surface area (Å²) in [6.07, 6.45) is 1.02. The van der Waals surface area contributed by atoms with Gasteiger partial charge in [-0.25, -0.2) is 0 Å². The molecule has 1 saturated heterocycles. The van der Waals surface area contributed by atoms with E-state index >= 15 is 0 Å². The molecule has 0 saturated carbocycles. The zero-order valence-electron chi connectivity index (χ0n) is 10.8. The van der Waals surface area contributed by atoms with Crippen molar-refractivity contribution in [2.24, 2.45) is 5.73 Å². The molecule has 1 aliphatic heterocycles. The van der Waals surface area contributed by atoms with E-state index < -0.39 is 0 Å². The number of rotatable bonds is 3. The fraction of sp³-hybridized carbons (Fsp3) is 0.385. The molecule has 3 rings (SSSR count). The molecule has 0 spiro atoms. The van der Waals surface area contributed by atoms with Crippen molar-refractivity contribution in [3.8, 4) is 11.4 Å². The number of hydrogen-bond acceptors (Lipinski definition) is 5. The number of nitrogens with two attached hydrogens (primary N) is 1. The van der Waals surface area contributed by atoms with Gasteiger partial charge in [0.05, 0.1) is 6.54 Å². The number of likely N-dealkylation sites (tertiary alicyclic amines) is 1. The van der Waals surface area contributed by atoms with Gasteiger partial charge in [0.15, 0.2) is 0 Å². The van der Waals surface area contributed by atoms with Crippen molar-refractivity contribution in [3.63, 3.8) is 0 Å². The third-order valence-electron chi connectivity index (χ3n) is 3.22. The summed E-state index contributed by atoms with van der Waals surface area (Å²) in [6, 6.07) is 7.68. The molecular weight excluding hydrogens is 299 g/mol. The van der Waals surface area contributed by atoms with Gasteiger partial charge in [-0.3, -0.25) is 4.90 Å². The molecule has 108 valence electrons. The zero-order valence-corrected chi connectivity index (χ0v) is 12.4. The van der Waals surface area contributed by atoms with E-state index in [1.54, 1.807) is 0 Å². The van der Waals surface area contributed by atoms with Gasteiger partial charge in [0.25, 0.3) is 0 Å². The van der Waals surface area contributed by atoms with Gasteiger partial charge in [0, 0.05) is 29.7 Å². The number of benzene rings is 1. The third kappa shape index (κ3) is 3.49. The van der Waals surface area contributed by atoms with Gasteiger partial charge in [-0.15, -0.1) is 12.4 Å². The molecule has 1 aromatic heterocycles. The molecular formula is C13H16Cl2N4O. The maximum Gasteiger partial charge on any atom is 0.241 e. The van der Waals surface area contributed by atoms with Crippen molar-refractivity contribution >= 4 is 24.0 Å². The predicted molar refractivity (Wildman–Crippen MR) is 79.9 cm³/mol. The quantitative estimate of drug-likeness (QED) is 0.941. The van der Waals surface area contributed by atoms with Gasteiger partial charge in [-0.1, -0.05) is 28.9 Å². The van der Waals surface area contributed by atoms with E-state index in [0.717, 1.165) is 25.1 Å². The molecule has 2 aromatic rings. The molecule has 0 unspecified atom stereocenters. The van der Waals surface area contributed by atoms with Crippen LogP contribution in [0.15, 0.2) is 28.8 Å². The standard InChI is InChI=1S/C13H15ClN4O.ClH/c14-10-3-1-2-9(6-10)13-16-12(19-17-13)8-18-5-4-11(15)7-18;/h1-3,6,11H,4-5,7-8,15H2;1H/t11-;/m1./s1. The summed E-state index contributed by atoms with van der Waals surface area (Å²) in [7, 11) is 0. The highest BCUT2D eigenvalue weighted by Gasteiger charge is 2.21. The first-order valence-corrected chi connectivity index (χ1v) is 6.65. The normalized spacial score (nSPS) is 19.0. The second kappa shape index (κ2) is 6.54. The Bertz CT molecular complexity index is 575. The summed E-state index contributed by atoms with van der Waals surface area (Å²) in [5.74, 6) is 1.19. The summed E-state index contributed by atoms with van der Waals surface area (Å²) in [4.78, 5) is 6.61. The Morgan fingerprint density at radius 1 is 1.45 bits per heavy atom. The maximum absolute atomic E-state index is 5.95. The van der Waals surface area contributed by atoms with Crippen molar-refractivity contribution in [2.75, 3.05) is 13.1 Å². The van der Waals surface area contributed by atoms with Gasteiger partial charge in [0.1, 0.15) is 0 Å². The minimum atomic E-state index is 0. The second-order valence-corrected chi connectivity index (χ2v) is 5.24. The van der Waals surface area contributed by atoms with Crippen LogP contribution in [0.1, 0.15) is 12.3 Å². The van der Waals surface area contributed by atoms with Crippen molar-refractivity contribution in [3.05, 3.63) is 35.2 Å². The third-order valence-corrected chi connectivity index (χ3v) is 3.45. The van der Waals surface area contributed by atoms with Gasteiger partial charge in [0.2, 0.25) is 11.7 Å². The maximum atomic E-state index is 5.95. The van der Waals surface area contributed by atoms with E-state index in [0.29, 0.717) is 23.3 Å². The first-order valence-electron chi connectivity index (χ1n) is 6.27. The summed E-state index contributed by atoms with van der Waals surface area (Å²) in [5.41, 5.74) is 6.73. The molecule has 7 heteroatoms. The van der Waals surface area contributed by atoms with Crippen LogP contribution in [0.3, 0.4) is 0 Å². The van der Waals surface area contributed by atoms with Crippen LogP contribution in [0.4, 0.5) is 0 Å². The van der Waals surface area contributed by atoms with Crippen LogP contribution in [-0.4, -0.2) is 34.2 Å². The zero-order chi connectivity index (χ0) is 13.2. The van der Waals surface area contributed by atoms with Crippen molar-refractivity contribution in [2.45, 2.75) is 19.0 Å². The highest BCUT2D eigenvalue weighted by Crippen LogP contribution is 2.20. The van der Waals surface area contributed by atoms with Crippen LogP contribution in [0.5, 0.6) is 0 Å². The largest absolute Gasteiger partial charge is 0.338 e. The monoisotopic (exact) mass is 314 g/mol. The lowest BCUT2D eigenvalue weighted by Gasteiger charge is -2.10. The first-order chi connectivity index (χ1) is 9.20. The molecule has 2 N–H and O–H groups in total. The Morgan fingerprint density at radius 3 is 3.00 bits per heavy atom. The lowest BCUT2D eigenvalue weighted by molar-refractivity contribution is 0.265. The van der Waals surface area contributed by atoms with E-state index in [2.05, 4.69) is 15.0 Å². The minimum Gasteiger partial charge on any atom is -0.338 e. The van der Waals surface area contributed by atoms with Crippen LogP contribution in [0.25, 0.3) is 11.4 Å². The van der Waals surface area contributed by atoms with Gasteiger partial charge in [-0.2, -0.15) is 4.98 Å². The minimum absolute atomic E-state index is 0. The average Bonchev–Trinajstić information content (AvgIpc) is 2.99. The molecule has 20 heavy (non-hydrogen) atoms. The van der Waals surface area contributed by atoms with Crippen LogP contribution in [0, 0.1) is 0 Å². The Balaban J connectivity index is 0.00000147. The molecule has 1 aliphatic rings. The molecule has 1 atom stereocenters. The molecule has 1 aromatic carbocycles. The van der Waals surface area contributed by atoms with E-state index in [1.165, 1.54) is 0 Å². The van der Waals surface area contributed by atoms with Gasteiger partial charge in [-0.05, 0) is 18.6 Å². The molecule has 5 nitrogen and oxygen atoms in total. The fourth-order valence-corrected chi connectivity index (χ4v) is 2.45. The van der Waals surface area contributed by atoms with Gasteiger partial charge >= 0.3 is 0 Å². The summed E-state index contributed by atoms with van der Waals surface area (Å²) in [5, 5.41) is 4.65. The topological polar surface area (TPSA) is 68.2 Å². The second-order valence-electron chi connectivity index (χ2n) is 4.81. The van der Waals surface area contributed by atoms with E-state index in [4.69, 9.17) is 21.9 Å². The van der Waals surface area contributed by atoms with Crippen LogP contribution >= 0.6 is 24.0 Å². The number of aromatic nitrogens is 2. The van der Waals surface area contributed by atoms with Gasteiger partial charge < -0.3 is 10.3 Å². The first kappa shape index (κ1) is 15.3. The summed E-state index contributed by atoms with van der Waals surface area (Å²) >= 11 is 5.95. The van der Waals surface area contributed by atoms with Crippen molar-refractivity contribution in [1.82, 2.24) is 15.0 Å². The highest BCUT2D eigenvalue weighted by molar-refractivity contribution is 6.30. The highest BCUT2D eigenvalue weighted by atomic mass is 35.5. The lowest BCUT2D eigenvalue weighted by atomic mass is 10.2. The molecule has 1 fully saturated rings. The Kier molecular flexibility index (Phi) is 4.99. The molecule has 0 amide bonds. The number of nitrogens with zero attached hydrogens (tertiary/aromatic N) is 3. The SMILES string of the molecule is Cl.N[C@@H]1CCN(Cc2nc(-c3cccc(Cl)c3)no2)C1. The smallest absolute Gasteiger partial charge is 0.241 e. The summed E-state index contributed by atoms with van der Waals surface area (Å²) in [6.45, 7) is 2.52. The Labute approximate surface area is 128 Å². The predicted octanol–water partition coefficient (Wildman–Crippen LogP) is 2.34. The average molecular weight is 315 g/mol. The van der Waals surface area contributed by atoms with E-state index in [1.807, 2.05) is 24.3 Å². The molecule has 0 bridgehead atoms. The van der Waals surface area contributed by atoms with E-state index in [9.17, 15) is 0 Å². The van der Waals surface area contributed by atoms with E-state index in [-0.39, 0.29) is 18.4 Å². The number of halogens is 2. The molecule has 2 heterocycles. The summed E-state index contributed by atoms with van der Waals surface area (Å²) < 4.78 is 5.27. The van der Waals surface area contributed by atoms with Crippen LogP contribution in [-0.2, 0) is 6.54 Å². The van der Waals surface area contributed by atoms with Crippen LogP contribution in [0.2, 0.25) is 5.02 Å². The van der Waals surface area contributed by atoms with Crippen LogP contribution < -0.4 is 5.73 Å². The van der Waals surface area contributed by atoms with Crippen molar-refractivity contribution < 1.29 is 4.52 Å². The van der Waals surface area contributed by atoms with Crippen molar-refractivity contribution in [1.29, 1.82) is 0 Å².